The highest BCUT2D eigenvalue weighted by atomic mass is 15.2. The van der Waals surface area contributed by atoms with Gasteiger partial charge in [-0.1, -0.05) is 37.3 Å². The molecule has 1 aromatic carbocycles. The molecule has 0 fully saturated rings. The van der Waals surface area contributed by atoms with Crippen LogP contribution in [0.15, 0.2) is 55.1 Å². The maximum Gasteiger partial charge on any atom is 0.0892 e. The van der Waals surface area contributed by atoms with E-state index in [1.807, 2.05) is 23.1 Å². The van der Waals surface area contributed by atoms with Crippen molar-refractivity contribution in [3.63, 3.8) is 0 Å². The summed E-state index contributed by atoms with van der Waals surface area (Å²) in [4.78, 5) is 4.22. The van der Waals surface area contributed by atoms with Crippen molar-refractivity contribution in [3.8, 4) is 0 Å². The summed E-state index contributed by atoms with van der Waals surface area (Å²) in [6, 6.07) is 10.9. The summed E-state index contributed by atoms with van der Waals surface area (Å²) in [5, 5.41) is 7.98. The van der Waals surface area contributed by atoms with Crippen LogP contribution in [-0.2, 0) is 6.42 Å². The molecule has 4 nitrogen and oxygen atoms in total. The number of rotatable bonds is 6. The van der Waals surface area contributed by atoms with E-state index in [4.69, 9.17) is 0 Å². The van der Waals surface area contributed by atoms with Crippen molar-refractivity contribution in [1.82, 2.24) is 19.9 Å². The topological polar surface area (TPSA) is 42.2 Å². The van der Waals surface area contributed by atoms with E-state index in [2.05, 4.69) is 52.7 Å². The van der Waals surface area contributed by atoms with Gasteiger partial charge in [-0.25, -0.2) is 4.52 Å². The minimum atomic E-state index is 0.303. The van der Waals surface area contributed by atoms with Gasteiger partial charge in [-0.05, 0) is 24.9 Å². The number of benzene rings is 1. The van der Waals surface area contributed by atoms with Crippen LogP contribution >= 0.6 is 0 Å². The van der Waals surface area contributed by atoms with Crippen molar-refractivity contribution in [2.75, 3.05) is 6.54 Å². The molecule has 0 saturated carbocycles. The Bertz CT molecular complexity index is 690. The van der Waals surface area contributed by atoms with Crippen molar-refractivity contribution in [2.45, 2.75) is 25.8 Å². The van der Waals surface area contributed by atoms with E-state index >= 15 is 0 Å². The van der Waals surface area contributed by atoms with Crippen LogP contribution in [-0.4, -0.2) is 21.1 Å². The van der Waals surface area contributed by atoms with Gasteiger partial charge in [-0.15, -0.1) is 0 Å². The first-order valence-corrected chi connectivity index (χ1v) is 7.43. The molecule has 0 amide bonds. The molecule has 3 rings (SSSR count). The zero-order valence-electron chi connectivity index (χ0n) is 12.2. The standard InChI is InChI=1S/C17H20N4/c1-2-19-16(9-8-14-6-4-3-5-7-14)15-12-20-21-11-10-18-13-17(15)21/h3-7,10-13,16,19H,2,8-9H2,1H3. The van der Waals surface area contributed by atoms with Gasteiger partial charge in [0.05, 0.1) is 17.9 Å². The molecule has 2 heterocycles. The minimum Gasteiger partial charge on any atom is -0.310 e. The molecule has 1 atom stereocenters. The van der Waals surface area contributed by atoms with Crippen LogP contribution in [0.1, 0.15) is 30.5 Å². The zero-order valence-corrected chi connectivity index (χ0v) is 12.2. The summed E-state index contributed by atoms with van der Waals surface area (Å²) in [5.74, 6) is 0. The van der Waals surface area contributed by atoms with E-state index < -0.39 is 0 Å². The molecule has 0 aliphatic carbocycles. The molecule has 3 aromatic rings. The van der Waals surface area contributed by atoms with Gasteiger partial charge >= 0.3 is 0 Å². The second-order valence-corrected chi connectivity index (χ2v) is 5.14. The molecule has 2 aromatic heterocycles. The summed E-state index contributed by atoms with van der Waals surface area (Å²) in [7, 11) is 0. The Kier molecular flexibility index (Phi) is 4.26. The first kappa shape index (κ1) is 13.8. The Morgan fingerprint density at radius 1 is 1.19 bits per heavy atom. The highest BCUT2D eigenvalue weighted by Crippen LogP contribution is 2.23. The predicted molar refractivity (Wildman–Crippen MR) is 84.2 cm³/mol. The van der Waals surface area contributed by atoms with Crippen molar-refractivity contribution in [1.29, 1.82) is 0 Å². The summed E-state index contributed by atoms with van der Waals surface area (Å²) in [6.07, 6.45) is 9.59. The Balaban J connectivity index is 1.81. The molecule has 4 heteroatoms. The number of hydrogen-bond donors (Lipinski definition) is 1. The average molecular weight is 280 g/mol. The van der Waals surface area contributed by atoms with Gasteiger partial charge in [0.2, 0.25) is 0 Å². The zero-order chi connectivity index (χ0) is 14.5. The maximum absolute atomic E-state index is 4.41. The van der Waals surface area contributed by atoms with Gasteiger partial charge in [0, 0.05) is 24.0 Å². The predicted octanol–water partition coefficient (Wildman–Crippen LogP) is 3.01. The van der Waals surface area contributed by atoms with E-state index in [0.29, 0.717) is 6.04 Å². The van der Waals surface area contributed by atoms with Crippen LogP contribution in [0, 0.1) is 0 Å². The summed E-state index contributed by atoms with van der Waals surface area (Å²) < 4.78 is 1.88. The molecule has 21 heavy (non-hydrogen) atoms. The fraction of sp³-hybridized carbons (Fsp3) is 0.294. The Morgan fingerprint density at radius 3 is 2.86 bits per heavy atom. The number of nitrogens with zero attached hydrogens (tertiary/aromatic N) is 3. The number of nitrogens with one attached hydrogen (secondary N) is 1. The third-order valence-corrected chi connectivity index (χ3v) is 3.75. The lowest BCUT2D eigenvalue weighted by atomic mass is 10.00. The Labute approximate surface area is 124 Å². The van der Waals surface area contributed by atoms with Gasteiger partial charge in [0.1, 0.15) is 0 Å². The highest BCUT2D eigenvalue weighted by Gasteiger charge is 2.15. The second-order valence-electron chi connectivity index (χ2n) is 5.14. The van der Waals surface area contributed by atoms with Crippen molar-refractivity contribution in [3.05, 3.63) is 66.2 Å². The van der Waals surface area contributed by atoms with E-state index in [-0.39, 0.29) is 0 Å². The van der Waals surface area contributed by atoms with Gasteiger partial charge < -0.3 is 5.32 Å². The van der Waals surface area contributed by atoms with Crippen LogP contribution in [0.2, 0.25) is 0 Å². The highest BCUT2D eigenvalue weighted by molar-refractivity contribution is 5.53. The third kappa shape index (κ3) is 3.11. The van der Waals surface area contributed by atoms with Crippen LogP contribution in [0.3, 0.4) is 0 Å². The SMILES string of the molecule is CCNC(CCc1ccccc1)c1cnn2ccncc12. The number of aromatic nitrogens is 3. The summed E-state index contributed by atoms with van der Waals surface area (Å²) in [5.41, 5.74) is 3.67. The monoisotopic (exact) mass is 280 g/mol. The average Bonchev–Trinajstić information content (AvgIpc) is 2.96. The molecule has 0 radical (unpaired) electrons. The second kappa shape index (κ2) is 6.50. The van der Waals surface area contributed by atoms with Crippen LogP contribution in [0.4, 0.5) is 0 Å². The van der Waals surface area contributed by atoms with Crippen LogP contribution in [0.5, 0.6) is 0 Å². The molecule has 0 spiro atoms. The lowest BCUT2D eigenvalue weighted by Crippen LogP contribution is -2.21. The third-order valence-electron chi connectivity index (χ3n) is 3.75. The first-order chi connectivity index (χ1) is 10.4. The Hall–Kier alpha value is -2.20. The molecule has 0 aliphatic rings. The number of fused-ring (bicyclic) bond motifs is 1. The molecule has 0 saturated heterocycles. The lowest BCUT2D eigenvalue weighted by molar-refractivity contribution is 0.518. The van der Waals surface area contributed by atoms with E-state index in [1.165, 1.54) is 11.1 Å². The summed E-state index contributed by atoms with van der Waals surface area (Å²) in [6.45, 7) is 3.08. The van der Waals surface area contributed by atoms with Gasteiger partial charge in [0.25, 0.3) is 0 Å². The lowest BCUT2D eigenvalue weighted by Gasteiger charge is -2.17. The van der Waals surface area contributed by atoms with Crippen molar-refractivity contribution in [2.24, 2.45) is 0 Å². The minimum absolute atomic E-state index is 0.303. The van der Waals surface area contributed by atoms with E-state index in [1.54, 1.807) is 6.20 Å². The number of aryl methyl sites for hydroxylation is 1. The molecule has 0 aliphatic heterocycles. The summed E-state index contributed by atoms with van der Waals surface area (Å²) >= 11 is 0. The largest absolute Gasteiger partial charge is 0.310 e. The molecule has 1 unspecified atom stereocenters. The molecular weight excluding hydrogens is 260 g/mol. The molecule has 1 N–H and O–H groups in total. The first-order valence-electron chi connectivity index (χ1n) is 7.43. The van der Waals surface area contributed by atoms with Gasteiger partial charge in [-0.2, -0.15) is 5.10 Å². The van der Waals surface area contributed by atoms with Gasteiger partial charge in [0.15, 0.2) is 0 Å². The molecular formula is C17H20N4. The van der Waals surface area contributed by atoms with Gasteiger partial charge in [-0.3, -0.25) is 4.98 Å². The van der Waals surface area contributed by atoms with E-state index in [9.17, 15) is 0 Å². The normalized spacial score (nSPS) is 12.6. The number of hydrogen-bond acceptors (Lipinski definition) is 3. The van der Waals surface area contributed by atoms with E-state index in [0.717, 1.165) is 24.9 Å². The van der Waals surface area contributed by atoms with Crippen LogP contribution < -0.4 is 5.32 Å². The quantitative estimate of drug-likeness (QED) is 0.754. The molecule has 108 valence electrons. The smallest absolute Gasteiger partial charge is 0.0892 e. The van der Waals surface area contributed by atoms with Crippen molar-refractivity contribution < 1.29 is 0 Å². The fourth-order valence-electron chi connectivity index (χ4n) is 2.69. The van der Waals surface area contributed by atoms with Crippen molar-refractivity contribution >= 4 is 5.52 Å². The fourth-order valence-corrected chi connectivity index (χ4v) is 2.69. The Morgan fingerprint density at radius 2 is 2.05 bits per heavy atom. The molecule has 0 bridgehead atoms. The van der Waals surface area contributed by atoms with Crippen LogP contribution in [0.25, 0.3) is 5.52 Å². The maximum atomic E-state index is 4.41.